The lowest BCUT2D eigenvalue weighted by atomic mass is 10.1. The number of hydrogen-bond acceptors (Lipinski definition) is 3. The van der Waals surface area contributed by atoms with Crippen molar-refractivity contribution in [1.29, 1.82) is 0 Å². The SMILES string of the molecule is Cc1cnc2c(N3CCC(F)(F)CC3)nc(Br)cn12. The monoisotopic (exact) mass is 330 g/mol. The van der Waals surface area contributed by atoms with Crippen LogP contribution < -0.4 is 4.90 Å². The third-order valence-corrected chi connectivity index (χ3v) is 3.81. The van der Waals surface area contributed by atoms with E-state index in [4.69, 9.17) is 0 Å². The summed E-state index contributed by atoms with van der Waals surface area (Å²) in [5, 5.41) is 0. The molecule has 0 aliphatic carbocycles. The third kappa shape index (κ3) is 2.31. The molecule has 0 aromatic carbocycles. The van der Waals surface area contributed by atoms with Crippen LogP contribution >= 0.6 is 15.9 Å². The van der Waals surface area contributed by atoms with Crippen molar-refractivity contribution in [3.05, 3.63) is 22.7 Å². The van der Waals surface area contributed by atoms with E-state index in [0.717, 1.165) is 5.69 Å². The molecule has 0 unspecified atom stereocenters. The molecule has 3 rings (SSSR count). The van der Waals surface area contributed by atoms with Gasteiger partial charge in [0.15, 0.2) is 11.5 Å². The molecular weight excluding hydrogens is 318 g/mol. The van der Waals surface area contributed by atoms with Crippen LogP contribution in [0.2, 0.25) is 0 Å². The molecule has 3 heterocycles. The number of nitrogens with zero attached hydrogens (tertiary/aromatic N) is 4. The first kappa shape index (κ1) is 12.8. The number of piperidine rings is 1. The molecule has 2 aromatic heterocycles. The number of imidazole rings is 1. The van der Waals surface area contributed by atoms with Crippen molar-refractivity contribution < 1.29 is 8.78 Å². The van der Waals surface area contributed by atoms with Gasteiger partial charge in [0, 0.05) is 44.0 Å². The van der Waals surface area contributed by atoms with Crippen molar-refractivity contribution >= 4 is 27.4 Å². The van der Waals surface area contributed by atoms with Crippen LogP contribution in [0.1, 0.15) is 18.5 Å². The Morgan fingerprint density at radius 3 is 2.68 bits per heavy atom. The number of alkyl halides is 2. The molecule has 0 bridgehead atoms. The van der Waals surface area contributed by atoms with Crippen LogP contribution in [0.15, 0.2) is 17.0 Å². The minimum atomic E-state index is -2.55. The third-order valence-electron chi connectivity index (χ3n) is 3.42. The van der Waals surface area contributed by atoms with Crippen LogP contribution in [-0.4, -0.2) is 33.4 Å². The van der Waals surface area contributed by atoms with Gasteiger partial charge in [0.05, 0.1) is 0 Å². The molecule has 102 valence electrons. The molecule has 1 aliphatic rings. The summed E-state index contributed by atoms with van der Waals surface area (Å²) in [7, 11) is 0. The van der Waals surface area contributed by atoms with Gasteiger partial charge in [-0.1, -0.05) is 0 Å². The van der Waals surface area contributed by atoms with Crippen molar-refractivity contribution in [2.75, 3.05) is 18.0 Å². The van der Waals surface area contributed by atoms with E-state index in [1.165, 1.54) is 0 Å². The molecule has 2 aromatic rings. The van der Waals surface area contributed by atoms with E-state index in [0.29, 0.717) is 29.2 Å². The zero-order valence-corrected chi connectivity index (χ0v) is 12.0. The van der Waals surface area contributed by atoms with E-state index in [-0.39, 0.29) is 12.8 Å². The minimum Gasteiger partial charge on any atom is -0.353 e. The van der Waals surface area contributed by atoms with Crippen LogP contribution in [0.25, 0.3) is 5.65 Å². The van der Waals surface area contributed by atoms with Crippen LogP contribution in [-0.2, 0) is 0 Å². The summed E-state index contributed by atoms with van der Waals surface area (Å²) in [5.41, 5.74) is 1.70. The standard InChI is InChI=1S/C12H13BrF2N4/c1-8-6-16-10-11(17-9(13)7-19(8)10)18-4-2-12(14,15)3-5-18/h6-7H,2-5H2,1H3. The van der Waals surface area contributed by atoms with E-state index in [9.17, 15) is 8.78 Å². The van der Waals surface area contributed by atoms with Crippen molar-refractivity contribution in [2.45, 2.75) is 25.7 Å². The zero-order chi connectivity index (χ0) is 13.6. The van der Waals surface area contributed by atoms with Crippen LogP contribution in [0, 0.1) is 6.92 Å². The number of hydrogen-bond donors (Lipinski definition) is 0. The van der Waals surface area contributed by atoms with Gasteiger partial charge in [0.25, 0.3) is 5.92 Å². The highest BCUT2D eigenvalue weighted by molar-refractivity contribution is 9.10. The largest absolute Gasteiger partial charge is 0.353 e. The fraction of sp³-hybridized carbons (Fsp3) is 0.500. The Balaban J connectivity index is 2.01. The Bertz CT molecular complexity index is 615. The molecule has 1 saturated heterocycles. The number of aryl methyl sites for hydroxylation is 1. The second kappa shape index (κ2) is 4.40. The molecule has 19 heavy (non-hydrogen) atoms. The smallest absolute Gasteiger partial charge is 0.251 e. The average Bonchev–Trinajstić information content (AvgIpc) is 2.71. The molecular formula is C12H13BrF2N4. The normalized spacial score (nSPS) is 19.1. The van der Waals surface area contributed by atoms with Gasteiger partial charge in [-0.3, -0.25) is 4.40 Å². The lowest BCUT2D eigenvalue weighted by Crippen LogP contribution is -2.40. The highest BCUT2D eigenvalue weighted by atomic mass is 79.9. The molecule has 7 heteroatoms. The van der Waals surface area contributed by atoms with Crippen molar-refractivity contribution in [2.24, 2.45) is 0 Å². The Kier molecular flexibility index (Phi) is 2.96. The van der Waals surface area contributed by atoms with Gasteiger partial charge in [-0.05, 0) is 22.9 Å². The summed E-state index contributed by atoms with van der Waals surface area (Å²) in [4.78, 5) is 10.6. The predicted molar refractivity (Wildman–Crippen MR) is 71.8 cm³/mol. The highest BCUT2D eigenvalue weighted by Crippen LogP contribution is 2.31. The fourth-order valence-corrected chi connectivity index (χ4v) is 2.69. The summed E-state index contributed by atoms with van der Waals surface area (Å²) in [6, 6.07) is 0. The summed E-state index contributed by atoms with van der Waals surface area (Å²) < 4.78 is 29.0. The minimum absolute atomic E-state index is 0.132. The summed E-state index contributed by atoms with van der Waals surface area (Å²) >= 11 is 3.36. The lowest BCUT2D eigenvalue weighted by Gasteiger charge is -2.32. The predicted octanol–water partition coefficient (Wildman–Crippen LogP) is 3.04. The van der Waals surface area contributed by atoms with Crippen molar-refractivity contribution in [3.63, 3.8) is 0 Å². The maximum Gasteiger partial charge on any atom is 0.251 e. The fourth-order valence-electron chi connectivity index (χ4n) is 2.32. The number of aromatic nitrogens is 3. The molecule has 0 amide bonds. The quantitative estimate of drug-likeness (QED) is 0.805. The summed E-state index contributed by atoms with van der Waals surface area (Å²) in [5.74, 6) is -1.89. The Labute approximate surface area is 117 Å². The highest BCUT2D eigenvalue weighted by Gasteiger charge is 2.35. The van der Waals surface area contributed by atoms with Gasteiger partial charge in [-0.25, -0.2) is 18.7 Å². The van der Waals surface area contributed by atoms with E-state index in [1.807, 2.05) is 22.4 Å². The van der Waals surface area contributed by atoms with Crippen molar-refractivity contribution in [3.8, 4) is 0 Å². The van der Waals surface area contributed by atoms with Crippen LogP contribution in [0.4, 0.5) is 14.6 Å². The van der Waals surface area contributed by atoms with Gasteiger partial charge in [-0.2, -0.15) is 0 Å². The number of fused-ring (bicyclic) bond motifs is 1. The van der Waals surface area contributed by atoms with Crippen molar-refractivity contribution in [1.82, 2.24) is 14.4 Å². The number of anilines is 1. The number of rotatable bonds is 1. The molecule has 0 radical (unpaired) electrons. The van der Waals surface area contributed by atoms with Gasteiger partial charge < -0.3 is 4.90 Å². The van der Waals surface area contributed by atoms with Gasteiger partial charge in [0.1, 0.15) is 4.60 Å². The summed E-state index contributed by atoms with van der Waals surface area (Å²) in [6.45, 7) is 2.55. The summed E-state index contributed by atoms with van der Waals surface area (Å²) in [6.07, 6.45) is 3.32. The van der Waals surface area contributed by atoms with E-state index >= 15 is 0 Å². The maximum atomic E-state index is 13.2. The number of halogens is 3. The van der Waals surface area contributed by atoms with Gasteiger partial charge >= 0.3 is 0 Å². The van der Waals surface area contributed by atoms with E-state index in [2.05, 4.69) is 25.9 Å². The first-order chi connectivity index (χ1) is 8.96. The topological polar surface area (TPSA) is 33.4 Å². The molecule has 4 nitrogen and oxygen atoms in total. The Morgan fingerprint density at radius 1 is 1.32 bits per heavy atom. The molecule has 1 aliphatic heterocycles. The molecule has 1 fully saturated rings. The van der Waals surface area contributed by atoms with Gasteiger partial charge in [-0.15, -0.1) is 0 Å². The van der Waals surface area contributed by atoms with Crippen LogP contribution in [0.5, 0.6) is 0 Å². The lowest BCUT2D eigenvalue weighted by molar-refractivity contribution is -0.0221. The van der Waals surface area contributed by atoms with Crippen LogP contribution in [0.3, 0.4) is 0 Å². The molecule has 0 atom stereocenters. The van der Waals surface area contributed by atoms with E-state index < -0.39 is 5.92 Å². The Hall–Kier alpha value is -1.24. The first-order valence-corrected chi connectivity index (χ1v) is 6.88. The maximum absolute atomic E-state index is 13.2. The second-order valence-electron chi connectivity index (χ2n) is 4.82. The average molecular weight is 331 g/mol. The first-order valence-electron chi connectivity index (χ1n) is 6.09. The molecule has 0 spiro atoms. The molecule has 0 N–H and O–H groups in total. The molecule has 0 saturated carbocycles. The zero-order valence-electron chi connectivity index (χ0n) is 10.4. The Morgan fingerprint density at radius 2 is 2.00 bits per heavy atom. The van der Waals surface area contributed by atoms with E-state index in [1.54, 1.807) is 6.20 Å². The van der Waals surface area contributed by atoms with Gasteiger partial charge in [0.2, 0.25) is 0 Å². The second-order valence-corrected chi connectivity index (χ2v) is 5.64.